The highest BCUT2D eigenvalue weighted by molar-refractivity contribution is 6.39. The molecule has 3 fully saturated rings. The third-order valence-corrected chi connectivity index (χ3v) is 24.9. The van der Waals surface area contributed by atoms with Crippen molar-refractivity contribution in [3.8, 4) is 11.3 Å². The summed E-state index contributed by atoms with van der Waals surface area (Å²) in [6, 6.07) is 10.7. The molecule has 0 radical (unpaired) electrons. The largest absolute Gasteiger partial charge is 0.460 e. The van der Waals surface area contributed by atoms with E-state index in [-0.39, 0.29) is 88.0 Å². The average Bonchev–Trinajstić information content (AvgIpc) is 1.60. The van der Waals surface area contributed by atoms with Crippen molar-refractivity contribution in [2.75, 3.05) is 152 Å². The van der Waals surface area contributed by atoms with E-state index in [4.69, 9.17) is 87.3 Å². The first kappa shape index (κ1) is 102. The number of nitrogens with two attached hydrogens (primary N) is 2. The zero-order chi connectivity index (χ0) is 91.9. The Balaban J connectivity index is 0.548. The zero-order valence-corrected chi connectivity index (χ0v) is 76.2. The van der Waals surface area contributed by atoms with Crippen LogP contribution in [0.4, 0.5) is 11.8 Å². The number of anilines is 2. The van der Waals surface area contributed by atoms with Crippen LogP contribution in [0.2, 0.25) is 0 Å². The lowest BCUT2D eigenvalue weighted by Gasteiger charge is -2.43. The number of fused-ring (bicyclic) bond motifs is 6. The number of carbonyl (C=O) groups excluding carboxylic acids is 6. The van der Waals surface area contributed by atoms with Gasteiger partial charge in [-0.1, -0.05) is 89.3 Å². The molecule has 2 saturated heterocycles. The van der Waals surface area contributed by atoms with Crippen LogP contribution in [-0.4, -0.2) is 297 Å². The average molecular weight is 1790 g/mol. The first-order chi connectivity index (χ1) is 61.6. The third kappa shape index (κ3) is 29.3. The normalized spacial score (nSPS) is 27.5. The van der Waals surface area contributed by atoms with Gasteiger partial charge in [-0.25, -0.2) is 19.4 Å². The Morgan fingerprint density at radius 2 is 1.38 bits per heavy atom. The number of ketones is 2. The van der Waals surface area contributed by atoms with Gasteiger partial charge in [-0.2, -0.15) is 10.1 Å². The minimum Gasteiger partial charge on any atom is -0.460 e. The van der Waals surface area contributed by atoms with Gasteiger partial charge in [-0.05, 0) is 142 Å². The number of nitrogens with zero attached hydrogens (tertiary/aromatic N) is 7. The Kier molecular flexibility index (Phi) is 40.4. The van der Waals surface area contributed by atoms with Gasteiger partial charge in [0.2, 0.25) is 11.7 Å². The van der Waals surface area contributed by atoms with Crippen molar-refractivity contribution >= 4 is 69.3 Å². The molecular formula is C94H137N9O25. The first-order valence-corrected chi connectivity index (χ1v) is 45.3. The third-order valence-electron chi connectivity index (χ3n) is 24.9. The number of rotatable bonds is 40. The van der Waals surface area contributed by atoms with Gasteiger partial charge in [0, 0.05) is 96.6 Å². The molecule has 1 saturated carbocycles. The van der Waals surface area contributed by atoms with E-state index in [1.165, 1.54) is 26.1 Å². The van der Waals surface area contributed by atoms with Crippen LogP contribution in [0.5, 0.6) is 0 Å². The van der Waals surface area contributed by atoms with E-state index < -0.39 is 114 Å². The summed E-state index contributed by atoms with van der Waals surface area (Å²) >= 11 is 0. The predicted octanol–water partition coefficient (Wildman–Crippen LogP) is 8.69. The van der Waals surface area contributed by atoms with Gasteiger partial charge < -0.3 is 112 Å². The second kappa shape index (κ2) is 50.8. The highest BCUT2D eigenvalue weighted by Gasteiger charge is 2.54. The van der Waals surface area contributed by atoms with Crippen molar-refractivity contribution in [2.24, 2.45) is 29.6 Å². The summed E-state index contributed by atoms with van der Waals surface area (Å²) in [7, 11) is 4.41. The summed E-state index contributed by atoms with van der Waals surface area (Å²) in [5, 5.41) is 53.9. The molecule has 16 atom stereocenters. The number of carbonyl (C=O) groups is 6. The molecule has 10 rings (SSSR count). The Morgan fingerprint density at radius 1 is 0.711 bits per heavy atom. The summed E-state index contributed by atoms with van der Waals surface area (Å²) in [5.74, 6) is -8.62. The smallest absolute Gasteiger partial charge is 0.329 e. The second-order valence-corrected chi connectivity index (χ2v) is 34.6. The lowest BCUT2D eigenvalue weighted by Crippen LogP contribution is -2.61. The molecule has 4 aliphatic heterocycles. The molecule has 2 aromatic carbocycles. The number of oxazole rings is 1. The summed E-state index contributed by atoms with van der Waals surface area (Å²) in [5.41, 5.74) is 18.5. The topological polar surface area (TPSA) is 441 Å². The second-order valence-electron chi connectivity index (χ2n) is 34.6. The first-order valence-electron chi connectivity index (χ1n) is 45.3. The zero-order valence-electron chi connectivity index (χ0n) is 76.2. The van der Waals surface area contributed by atoms with Gasteiger partial charge in [0.1, 0.15) is 53.8 Å². The van der Waals surface area contributed by atoms with E-state index in [1.54, 1.807) is 53.9 Å². The number of Topliss-reactive ketones (excluding diaryl/α,β-unsaturated/α-hetero) is 2. The maximum Gasteiger partial charge on any atom is 0.329 e. The lowest BCUT2D eigenvalue weighted by molar-refractivity contribution is -0.265. The fraction of sp³-hybridized carbons (Fsp3) is 0.660. The van der Waals surface area contributed by atoms with Crippen molar-refractivity contribution in [2.45, 2.75) is 231 Å². The van der Waals surface area contributed by atoms with E-state index in [2.05, 4.69) is 33.2 Å². The van der Waals surface area contributed by atoms with E-state index in [9.17, 15) is 49.2 Å². The molecule has 5 aromatic rings. The minimum atomic E-state index is -2.49. The van der Waals surface area contributed by atoms with Crippen molar-refractivity contribution in [1.82, 2.24) is 34.5 Å². The van der Waals surface area contributed by atoms with Gasteiger partial charge in [-0.3, -0.25) is 24.0 Å². The number of hydrogen-bond acceptors (Lipinski definition) is 31. The van der Waals surface area contributed by atoms with Gasteiger partial charge in [0.25, 0.3) is 17.7 Å². The molecular weight excluding hydrogens is 1660 g/mol. The lowest BCUT2D eigenvalue weighted by atomic mass is 9.75. The number of methoxy groups -OCH3 is 3. The minimum absolute atomic E-state index is 0.0186. The molecule has 2 amide bonds. The van der Waals surface area contributed by atoms with Crippen LogP contribution in [0.3, 0.4) is 0 Å². The number of esters is 2. The fourth-order valence-corrected chi connectivity index (χ4v) is 17.4. The molecule has 0 unspecified atom stereocenters. The van der Waals surface area contributed by atoms with Gasteiger partial charge >= 0.3 is 11.9 Å². The molecule has 0 spiro atoms. The number of ether oxygens (including phenoxy) is 14. The number of aliphatic hydroxyl groups excluding tert-OH is 2. The number of allylic oxidation sites excluding steroid dienone is 5. The maximum atomic E-state index is 14.8. The number of aromatic nitrogens is 5. The SMILES string of the molecule is CO[C@H]1C[C@@H]2CC[C@@H](C)[C@@](O)(O2)C(=O)C(=O)N2CCCC[C@H]2C(=O)O[C@H](C[C@H](O)[C@H](C)C[C@]2(O)CC[C@@H](OC(=O)CCCOCCOCCOCCOCCOCCOCCOCCOCCC(=O)N3CCc4cc(Cn5nc(-c6ccc7oc(N)nc7c6)c6c(N)ncnc65)ccc4C3)[C@H](OC)C2)[C@H](C)/C=C(\C)[C@@H](O)[C@@H](OC)C(=O)[C@H](C)C[C@H](C)/C=C/C=C/C=C/1C. The molecule has 128 heavy (non-hydrogen) atoms. The Labute approximate surface area is 750 Å². The van der Waals surface area contributed by atoms with E-state index >= 15 is 0 Å². The number of amides is 2. The molecule has 7 heterocycles. The maximum absolute atomic E-state index is 14.8. The molecule has 5 aliphatic rings. The molecule has 34 heteroatoms. The van der Waals surface area contributed by atoms with Crippen LogP contribution in [-0.2, 0) is 115 Å². The van der Waals surface area contributed by atoms with Crippen LogP contribution in [0.25, 0.3) is 33.4 Å². The quantitative estimate of drug-likeness (QED) is 0.00923. The number of nitrogen functional groups attached to an aromatic ring is 2. The number of hydrogen-bond donors (Lipinski definition) is 6. The molecule has 2 bridgehead atoms. The van der Waals surface area contributed by atoms with Crippen molar-refractivity contribution in [3.63, 3.8) is 0 Å². The van der Waals surface area contributed by atoms with Crippen molar-refractivity contribution in [3.05, 3.63) is 107 Å². The Bertz CT molecular complexity index is 4520. The molecule has 8 N–H and O–H groups in total. The van der Waals surface area contributed by atoms with Gasteiger partial charge in [-0.15, -0.1) is 0 Å². The van der Waals surface area contributed by atoms with Crippen LogP contribution in [0.15, 0.2) is 94.7 Å². The summed E-state index contributed by atoms with van der Waals surface area (Å²) in [6.07, 6.45) is 9.99. The monoisotopic (exact) mass is 1790 g/mol. The summed E-state index contributed by atoms with van der Waals surface area (Å²) in [6.45, 7) is 20.1. The Hall–Kier alpha value is -8.40. The summed E-state index contributed by atoms with van der Waals surface area (Å²) < 4.78 is 88.2. The number of aliphatic hydroxyl groups is 4. The molecule has 34 nitrogen and oxygen atoms in total. The molecule has 708 valence electrons. The number of piperidine rings is 1. The van der Waals surface area contributed by atoms with E-state index in [0.29, 0.717) is 203 Å². The van der Waals surface area contributed by atoms with Crippen LogP contribution < -0.4 is 11.5 Å². The Morgan fingerprint density at radius 3 is 2.05 bits per heavy atom. The van der Waals surface area contributed by atoms with Crippen LogP contribution in [0.1, 0.15) is 161 Å². The molecule has 1 aliphatic carbocycles. The van der Waals surface area contributed by atoms with Gasteiger partial charge in [0.15, 0.2) is 17.0 Å². The van der Waals surface area contributed by atoms with Gasteiger partial charge in [0.05, 0.1) is 147 Å². The predicted molar refractivity (Wildman–Crippen MR) is 474 cm³/mol. The van der Waals surface area contributed by atoms with Crippen LogP contribution >= 0.6 is 0 Å². The van der Waals surface area contributed by atoms with Crippen molar-refractivity contribution in [1.29, 1.82) is 0 Å². The standard InChI is InChI=1S/C94H137N9O25/c1-60-17-12-11-13-18-61(2)77(114-8)53-71-25-21-66(7)94(113,128-71)87(109)90(110)102-31-15-14-19-73(102)91(111)126-78(62(3)50-64(5)85(108)86(116-10)84(107)63(4)49-60)54-74(104)65(6)55-93(112)30-27-76(79(56-93)115-9)125-81(106)20-16-33-117-35-37-119-39-41-121-43-45-123-47-48-124-46-44-122-42-40-120-38-36-118-34-29-80(105)101-32-28-68-51-67(22-23-70(68)58-101)57-103-89-82(88(95)97-59-98-89)83(100-103)69-24-26-75-72(52-69)99-92(96)127-75/h11-13,17-18,22-24,26,50-52,59-60,62-63,65-66,71,73-74,76-79,85-86,104,108,112-113H,14-16,19-21,25,27-49,53-58H2,1-10H3,(H2,96,99)(H2,95,97,98)/b13-11+,17-12+,61-18+,64-50+/t60-,62-,63-,65-,66-,71+,73+,74+,76-,77+,78-,79-,85-,86+,93-,94-/m1/s1. The van der Waals surface area contributed by atoms with Crippen LogP contribution in [0, 0.1) is 29.6 Å². The number of cyclic esters (lactones) is 1. The highest BCUT2D eigenvalue weighted by atomic mass is 16.6. The number of benzene rings is 2. The summed E-state index contributed by atoms with van der Waals surface area (Å²) in [4.78, 5) is 100. The van der Waals surface area contributed by atoms with E-state index in [1.807, 2.05) is 65.9 Å². The highest BCUT2D eigenvalue weighted by Crippen LogP contribution is 2.41. The van der Waals surface area contributed by atoms with Crippen molar-refractivity contribution < 1.29 is 120 Å². The molecule has 3 aromatic heterocycles. The van der Waals surface area contributed by atoms with E-state index in [0.717, 1.165) is 33.6 Å². The fourth-order valence-electron chi connectivity index (χ4n) is 17.4.